The van der Waals surface area contributed by atoms with Crippen LogP contribution in [-0.2, 0) is 5.54 Å². The van der Waals surface area contributed by atoms with Gasteiger partial charge in [0.2, 0.25) is 0 Å². The summed E-state index contributed by atoms with van der Waals surface area (Å²) < 4.78 is 25.2. The van der Waals surface area contributed by atoms with E-state index in [1.54, 1.807) is 0 Å². The molecule has 0 bridgehead atoms. The van der Waals surface area contributed by atoms with Crippen LogP contribution in [0.5, 0.6) is 11.5 Å². The maximum atomic E-state index is 14.2. The predicted octanol–water partition coefficient (Wildman–Crippen LogP) is 3.11. The van der Waals surface area contributed by atoms with E-state index < -0.39 is 5.54 Å². The normalized spacial score (nSPS) is 21.8. The van der Waals surface area contributed by atoms with Crippen LogP contribution in [0.15, 0.2) is 12.1 Å². The van der Waals surface area contributed by atoms with Gasteiger partial charge in [-0.2, -0.15) is 0 Å². The summed E-state index contributed by atoms with van der Waals surface area (Å²) in [6.07, 6.45) is 6.01. The Morgan fingerprint density at radius 3 is 2.53 bits per heavy atom. The first-order valence-corrected chi connectivity index (χ1v) is 7.08. The van der Waals surface area contributed by atoms with Crippen LogP contribution in [0.25, 0.3) is 0 Å². The van der Waals surface area contributed by atoms with Gasteiger partial charge < -0.3 is 15.2 Å². The lowest BCUT2D eigenvalue weighted by molar-refractivity contribution is 0.292. The standard InChI is InChI=1S/C15H20FNO2/c16-12-9-11(15(17)5-2-1-3-6-15)10-13-14(12)19-8-4-7-18-13/h9-10H,1-8,17H2. The van der Waals surface area contributed by atoms with Crippen molar-refractivity contribution in [1.29, 1.82) is 0 Å². The summed E-state index contributed by atoms with van der Waals surface area (Å²) in [5, 5.41) is 0. The number of fused-ring (bicyclic) bond motifs is 1. The highest BCUT2D eigenvalue weighted by Crippen LogP contribution is 2.40. The zero-order valence-corrected chi connectivity index (χ0v) is 11.1. The Hall–Kier alpha value is -1.29. The molecule has 0 spiro atoms. The number of hydrogen-bond acceptors (Lipinski definition) is 3. The highest BCUT2D eigenvalue weighted by atomic mass is 19.1. The van der Waals surface area contributed by atoms with Gasteiger partial charge in [0, 0.05) is 12.0 Å². The van der Waals surface area contributed by atoms with Crippen LogP contribution in [0, 0.1) is 5.82 Å². The summed E-state index contributed by atoms with van der Waals surface area (Å²) in [4.78, 5) is 0. The van der Waals surface area contributed by atoms with Crippen molar-refractivity contribution in [2.24, 2.45) is 5.73 Å². The number of benzene rings is 1. The molecule has 3 nitrogen and oxygen atoms in total. The lowest BCUT2D eigenvalue weighted by Gasteiger charge is -2.34. The molecule has 2 aliphatic rings. The van der Waals surface area contributed by atoms with Crippen molar-refractivity contribution in [2.45, 2.75) is 44.1 Å². The number of nitrogens with two attached hydrogens (primary N) is 1. The molecular formula is C15H20FNO2. The largest absolute Gasteiger partial charge is 0.489 e. The third-order valence-corrected chi connectivity index (χ3v) is 4.12. The van der Waals surface area contributed by atoms with Crippen molar-refractivity contribution in [3.05, 3.63) is 23.5 Å². The SMILES string of the molecule is NC1(c2cc(F)c3c(c2)OCCCO3)CCCCC1. The Labute approximate surface area is 112 Å². The fraction of sp³-hybridized carbons (Fsp3) is 0.600. The Balaban J connectivity index is 1.98. The van der Waals surface area contributed by atoms with Gasteiger partial charge in [-0.25, -0.2) is 4.39 Å². The fourth-order valence-corrected chi connectivity index (χ4v) is 2.99. The molecule has 19 heavy (non-hydrogen) atoms. The first kappa shape index (κ1) is 12.7. The first-order chi connectivity index (χ1) is 9.19. The molecule has 0 unspecified atom stereocenters. The number of ether oxygens (including phenoxy) is 2. The maximum Gasteiger partial charge on any atom is 0.197 e. The number of halogens is 1. The van der Waals surface area contributed by atoms with Crippen LogP contribution in [0.3, 0.4) is 0 Å². The van der Waals surface area contributed by atoms with Gasteiger partial charge in [-0.05, 0) is 30.5 Å². The van der Waals surface area contributed by atoms with Crippen LogP contribution in [-0.4, -0.2) is 13.2 Å². The summed E-state index contributed by atoms with van der Waals surface area (Å²) in [5.41, 5.74) is 6.89. The van der Waals surface area contributed by atoms with Gasteiger partial charge in [-0.3, -0.25) is 0 Å². The minimum atomic E-state index is -0.413. The second-order valence-electron chi connectivity index (χ2n) is 5.55. The average molecular weight is 265 g/mol. The van der Waals surface area contributed by atoms with E-state index in [1.165, 1.54) is 12.5 Å². The van der Waals surface area contributed by atoms with E-state index in [4.69, 9.17) is 15.2 Å². The third-order valence-electron chi connectivity index (χ3n) is 4.12. The molecule has 1 aromatic rings. The summed E-state index contributed by atoms with van der Waals surface area (Å²) in [6, 6.07) is 3.40. The van der Waals surface area contributed by atoms with Crippen molar-refractivity contribution in [1.82, 2.24) is 0 Å². The van der Waals surface area contributed by atoms with Crippen LogP contribution in [0.4, 0.5) is 4.39 Å². The average Bonchev–Trinajstić information content (AvgIpc) is 2.65. The molecule has 1 aliphatic heterocycles. The van der Waals surface area contributed by atoms with Gasteiger partial charge in [0.15, 0.2) is 17.3 Å². The molecule has 3 rings (SSSR count). The molecule has 1 aliphatic carbocycles. The lowest BCUT2D eigenvalue weighted by atomic mass is 9.77. The quantitative estimate of drug-likeness (QED) is 0.848. The minimum absolute atomic E-state index is 0.237. The van der Waals surface area contributed by atoms with Crippen LogP contribution in [0.1, 0.15) is 44.1 Å². The van der Waals surface area contributed by atoms with E-state index in [0.717, 1.165) is 37.7 Å². The van der Waals surface area contributed by atoms with E-state index in [2.05, 4.69) is 0 Å². The molecule has 0 aromatic heterocycles. The van der Waals surface area contributed by atoms with Gasteiger partial charge in [-0.15, -0.1) is 0 Å². The van der Waals surface area contributed by atoms with Crippen molar-refractivity contribution in [3.8, 4) is 11.5 Å². The van der Waals surface area contributed by atoms with Crippen molar-refractivity contribution < 1.29 is 13.9 Å². The summed E-state index contributed by atoms with van der Waals surface area (Å²) >= 11 is 0. The van der Waals surface area contributed by atoms with E-state index >= 15 is 0 Å². The highest BCUT2D eigenvalue weighted by molar-refractivity contribution is 5.46. The predicted molar refractivity (Wildman–Crippen MR) is 71.0 cm³/mol. The van der Waals surface area contributed by atoms with Crippen LogP contribution in [0.2, 0.25) is 0 Å². The second kappa shape index (κ2) is 5.00. The van der Waals surface area contributed by atoms with Crippen molar-refractivity contribution in [3.63, 3.8) is 0 Å². The van der Waals surface area contributed by atoms with E-state index in [-0.39, 0.29) is 11.6 Å². The molecule has 104 valence electrons. The summed E-state index contributed by atoms with van der Waals surface area (Å²) in [5.74, 6) is 0.383. The first-order valence-electron chi connectivity index (χ1n) is 7.08. The lowest BCUT2D eigenvalue weighted by Crippen LogP contribution is -2.38. The molecule has 1 saturated carbocycles. The second-order valence-corrected chi connectivity index (χ2v) is 5.55. The molecular weight excluding hydrogens is 245 g/mol. The van der Waals surface area contributed by atoms with Gasteiger partial charge in [-0.1, -0.05) is 19.3 Å². The molecule has 1 fully saturated rings. The summed E-state index contributed by atoms with van der Waals surface area (Å²) in [6.45, 7) is 1.06. The number of rotatable bonds is 1. The van der Waals surface area contributed by atoms with Gasteiger partial charge >= 0.3 is 0 Å². The third kappa shape index (κ3) is 2.41. The minimum Gasteiger partial charge on any atom is -0.489 e. The van der Waals surface area contributed by atoms with Crippen molar-refractivity contribution in [2.75, 3.05) is 13.2 Å². The molecule has 0 radical (unpaired) electrons. The van der Waals surface area contributed by atoms with Crippen LogP contribution < -0.4 is 15.2 Å². The Morgan fingerprint density at radius 2 is 1.74 bits per heavy atom. The molecule has 2 N–H and O–H groups in total. The monoisotopic (exact) mass is 265 g/mol. The van der Waals surface area contributed by atoms with E-state index in [9.17, 15) is 4.39 Å². The maximum absolute atomic E-state index is 14.2. The van der Waals surface area contributed by atoms with Gasteiger partial charge in [0.1, 0.15) is 0 Å². The Kier molecular flexibility index (Phi) is 3.35. The smallest absolute Gasteiger partial charge is 0.197 e. The zero-order valence-electron chi connectivity index (χ0n) is 11.1. The molecule has 1 aromatic carbocycles. The van der Waals surface area contributed by atoms with Gasteiger partial charge in [0.05, 0.1) is 13.2 Å². The Morgan fingerprint density at radius 1 is 1.00 bits per heavy atom. The fourth-order valence-electron chi connectivity index (χ4n) is 2.99. The molecule has 0 atom stereocenters. The Bertz CT molecular complexity index is 469. The zero-order chi connectivity index (χ0) is 13.3. The molecule has 0 saturated heterocycles. The topological polar surface area (TPSA) is 44.5 Å². The van der Waals surface area contributed by atoms with E-state index in [1.807, 2.05) is 6.07 Å². The van der Waals surface area contributed by atoms with Gasteiger partial charge in [0.25, 0.3) is 0 Å². The van der Waals surface area contributed by atoms with E-state index in [0.29, 0.717) is 19.0 Å². The molecule has 4 heteroatoms. The van der Waals surface area contributed by atoms with Crippen molar-refractivity contribution >= 4 is 0 Å². The number of hydrogen-bond donors (Lipinski definition) is 1. The summed E-state index contributed by atoms with van der Waals surface area (Å²) in [7, 11) is 0. The molecule has 1 heterocycles. The van der Waals surface area contributed by atoms with Crippen LogP contribution >= 0.6 is 0 Å². The highest BCUT2D eigenvalue weighted by Gasteiger charge is 2.31. The molecule has 0 amide bonds.